The molecular formula is C14H22N6O. The first-order chi connectivity index (χ1) is 10.2. The molecule has 2 aliphatic rings. The maximum atomic E-state index is 8.90. The maximum absolute atomic E-state index is 8.90. The van der Waals surface area contributed by atoms with Gasteiger partial charge < -0.3 is 20.7 Å². The van der Waals surface area contributed by atoms with Crippen molar-refractivity contribution in [3.63, 3.8) is 0 Å². The molecule has 3 heterocycles. The highest BCUT2D eigenvalue weighted by molar-refractivity contribution is 5.99. The van der Waals surface area contributed by atoms with Crippen molar-refractivity contribution in [2.45, 2.75) is 25.3 Å². The molecule has 7 heteroatoms. The van der Waals surface area contributed by atoms with Crippen molar-refractivity contribution < 1.29 is 5.21 Å². The van der Waals surface area contributed by atoms with Gasteiger partial charge in [-0.05, 0) is 38.8 Å². The minimum Gasteiger partial charge on any atom is -0.409 e. The molecule has 2 fully saturated rings. The Morgan fingerprint density at radius 1 is 1.33 bits per heavy atom. The molecule has 7 nitrogen and oxygen atoms in total. The van der Waals surface area contributed by atoms with Crippen LogP contribution in [-0.2, 0) is 0 Å². The molecule has 114 valence electrons. The Morgan fingerprint density at radius 2 is 2.14 bits per heavy atom. The predicted octanol–water partition coefficient (Wildman–Crippen LogP) is 0.492. The van der Waals surface area contributed by atoms with Crippen LogP contribution >= 0.6 is 0 Å². The van der Waals surface area contributed by atoms with Crippen LogP contribution in [0.3, 0.4) is 0 Å². The van der Waals surface area contributed by atoms with Crippen LogP contribution in [0, 0.1) is 5.92 Å². The fourth-order valence-electron chi connectivity index (χ4n) is 3.64. The third kappa shape index (κ3) is 2.65. The zero-order valence-corrected chi connectivity index (χ0v) is 12.3. The number of nitrogens with two attached hydrogens (primary N) is 1. The number of piperidine rings is 2. The fourth-order valence-corrected chi connectivity index (χ4v) is 3.64. The van der Waals surface area contributed by atoms with E-state index in [0.717, 1.165) is 25.3 Å². The minimum atomic E-state index is 0.0148. The summed E-state index contributed by atoms with van der Waals surface area (Å²) in [5.74, 6) is 1.39. The van der Waals surface area contributed by atoms with E-state index in [1.54, 1.807) is 12.4 Å². The van der Waals surface area contributed by atoms with Crippen LogP contribution in [0.4, 0.5) is 5.82 Å². The van der Waals surface area contributed by atoms with Crippen LogP contribution in [0.5, 0.6) is 0 Å². The number of anilines is 1. The molecule has 0 spiro atoms. The molecule has 0 aliphatic carbocycles. The van der Waals surface area contributed by atoms with Crippen LogP contribution in [0.15, 0.2) is 17.5 Å². The summed E-state index contributed by atoms with van der Waals surface area (Å²) in [6.07, 6.45) is 6.84. The summed E-state index contributed by atoms with van der Waals surface area (Å²) in [5.41, 5.74) is 6.18. The highest BCUT2D eigenvalue weighted by Crippen LogP contribution is 2.31. The van der Waals surface area contributed by atoms with Crippen LogP contribution in [0.2, 0.25) is 0 Å². The maximum Gasteiger partial charge on any atom is 0.192 e. The molecule has 21 heavy (non-hydrogen) atoms. The lowest BCUT2D eigenvalue weighted by Gasteiger charge is -2.46. The van der Waals surface area contributed by atoms with E-state index in [2.05, 4.69) is 32.0 Å². The van der Waals surface area contributed by atoms with Crippen molar-refractivity contribution in [3.05, 3.63) is 18.1 Å². The second-order valence-corrected chi connectivity index (χ2v) is 5.90. The van der Waals surface area contributed by atoms with Crippen molar-refractivity contribution in [1.29, 1.82) is 0 Å². The molecule has 1 aromatic rings. The van der Waals surface area contributed by atoms with Crippen LogP contribution in [0.1, 0.15) is 25.0 Å². The fraction of sp³-hybridized carbons (Fsp3) is 0.643. The molecule has 2 aliphatic heterocycles. The van der Waals surface area contributed by atoms with Gasteiger partial charge in [0.25, 0.3) is 0 Å². The summed E-state index contributed by atoms with van der Waals surface area (Å²) >= 11 is 0. The summed E-state index contributed by atoms with van der Waals surface area (Å²) in [4.78, 5) is 13.3. The topological polar surface area (TPSA) is 90.9 Å². The number of amidine groups is 1. The Hall–Kier alpha value is -1.89. The van der Waals surface area contributed by atoms with E-state index in [4.69, 9.17) is 10.9 Å². The first kappa shape index (κ1) is 14.1. The van der Waals surface area contributed by atoms with Crippen molar-refractivity contribution >= 4 is 11.7 Å². The monoisotopic (exact) mass is 290 g/mol. The summed E-state index contributed by atoms with van der Waals surface area (Å²) in [5, 5.41) is 12.0. The van der Waals surface area contributed by atoms with Crippen molar-refractivity contribution in [1.82, 2.24) is 14.9 Å². The van der Waals surface area contributed by atoms with E-state index < -0.39 is 0 Å². The number of hydrogen-bond donors (Lipinski definition) is 2. The van der Waals surface area contributed by atoms with Crippen LogP contribution in [0.25, 0.3) is 0 Å². The number of hydrogen-bond acceptors (Lipinski definition) is 6. The Labute approximate surface area is 124 Å². The molecule has 3 rings (SSSR count). The molecule has 0 aromatic carbocycles. The number of oxime groups is 1. The highest BCUT2D eigenvalue weighted by atomic mass is 16.4. The zero-order chi connectivity index (χ0) is 14.8. The van der Waals surface area contributed by atoms with Gasteiger partial charge in [0.1, 0.15) is 0 Å². The van der Waals surface area contributed by atoms with Crippen LogP contribution in [-0.4, -0.2) is 58.6 Å². The van der Waals surface area contributed by atoms with E-state index in [0.29, 0.717) is 17.7 Å². The van der Waals surface area contributed by atoms with Gasteiger partial charge in [-0.1, -0.05) is 5.16 Å². The Kier molecular flexibility index (Phi) is 3.92. The average Bonchev–Trinajstić information content (AvgIpc) is 2.54. The van der Waals surface area contributed by atoms with Gasteiger partial charge >= 0.3 is 0 Å². The van der Waals surface area contributed by atoms with Crippen molar-refractivity contribution in [2.24, 2.45) is 16.8 Å². The first-order valence-electron chi connectivity index (χ1n) is 7.45. The lowest BCUT2D eigenvalue weighted by atomic mass is 9.84. The molecule has 0 radical (unpaired) electrons. The zero-order valence-electron chi connectivity index (χ0n) is 12.3. The van der Waals surface area contributed by atoms with E-state index in [-0.39, 0.29) is 5.84 Å². The van der Waals surface area contributed by atoms with E-state index in [1.807, 2.05) is 0 Å². The smallest absolute Gasteiger partial charge is 0.192 e. The lowest BCUT2D eigenvalue weighted by Crippen LogP contribution is -2.53. The molecule has 1 aromatic heterocycles. The standard InChI is InChI=1S/C14H22N6O/c1-19-7-2-3-10-9-20(8-4-11(10)19)14-12(13(15)18-21)16-5-6-17-14/h5-6,10-11,21H,2-4,7-9H2,1H3,(H2,15,18). The molecule has 0 amide bonds. The summed E-state index contributed by atoms with van der Waals surface area (Å²) in [6.45, 7) is 3.08. The quantitative estimate of drug-likeness (QED) is 0.356. The number of fused-ring (bicyclic) bond motifs is 1. The van der Waals surface area contributed by atoms with E-state index in [9.17, 15) is 0 Å². The number of nitrogens with zero attached hydrogens (tertiary/aromatic N) is 5. The molecule has 0 saturated carbocycles. The SMILES string of the molecule is CN1CCCC2CN(c3nccnc3C(N)=NO)CCC21. The van der Waals surface area contributed by atoms with Gasteiger partial charge in [0.05, 0.1) is 0 Å². The van der Waals surface area contributed by atoms with Gasteiger partial charge in [0.15, 0.2) is 17.3 Å². The molecule has 0 bridgehead atoms. The predicted molar refractivity (Wildman–Crippen MR) is 80.5 cm³/mol. The van der Waals surface area contributed by atoms with E-state index >= 15 is 0 Å². The molecule has 2 unspecified atom stereocenters. The third-order valence-electron chi connectivity index (χ3n) is 4.67. The largest absolute Gasteiger partial charge is 0.409 e. The summed E-state index contributed by atoms with van der Waals surface area (Å²) < 4.78 is 0. The summed E-state index contributed by atoms with van der Waals surface area (Å²) in [7, 11) is 2.22. The van der Waals surface area contributed by atoms with Crippen molar-refractivity contribution in [3.8, 4) is 0 Å². The normalized spacial score (nSPS) is 27.5. The number of likely N-dealkylation sites (tertiary alicyclic amines) is 1. The molecule has 2 saturated heterocycles. The van der Waals surface area contributed by atoms with Crippen molar-refractivity contribution in [2.75, 3.05) is 31.6 Å². The Bertz CT molecular complexity index is 534. The number of rotatable bonds is 2. The lowest BCUT2D eigenvalue weighted by molar-refractivity contribution is 0.102. The van der Waals surface area contributed by atoms with Gasteiger partial charge in [0.2, 0.25) is 0 Å². The van der Waals surface area contributed by atoms with Gasteiger partial charge in [-0.3, -0.25) is 0 Å². The van der Waals surface area contributed by atoms with Gasteiger partial charge in [-0.25, -0.2) is 9.97 Å². The third-order valence-corrected chi connectivity index (χ3v) is 4.67. The van der Waals surface area contributed by atoms with Crippen LogP contribution < -0.4 is 10.6 Å². The van der Waals surface area contributed by atoms with E-state index in [1.165, 1.54) is 19.4 Å². The Balaban J connectivity index is 1.83. The molecular weight excluding hydrogens is 268 g/mol. The highest BCUT2D eigenvalue weighted by Gasteiger charge is 2.35. The molecule has 2 atom stereocenters. The minimum absolute atomic E-state index is 0.0148. The van der Waals surface area contributed by atoms with Gasteiger partial charge in [-0.15, -0.1) is 0 Å². The Morgan fingerprint density at radius 3 is 2.95 bits per heavy atom. The molecule has 3 N–H and O–H groups in total. The second-order valence-electron chi connectivity index (χ2n) is 5.90. The average molecular weight is 290 g/mol. The van der Waals surface area contributed by atoms with Gasteiger partial charge in [-0.2, -0.15) is 0 Å². The van der Waals surface area contributed by atoms with Gasteiger partial charge in [0, 0.05) is 31.5 Å². The number of aromatic nitrogens is 2. The second kappa shape index (κ2) is 5.85. The summed E-state index contributed by atoms with van der Waals surface area (Å²) in [6, 6.07) is 0.666. The first-order valence-corrected chi connectivity index (χ1v) is 7.45.